The predicted octanol–water partition coefficient (Wildman–Crippen LogP) is 2.30. The molecule has 12 nitrogen and oxygen atoms in total. The fraction of sp³-hybridized carbons (Fsp3) is 0.154. The minimum Gasteiger partial charge on any atom is -0.496 e. The molecule has 0 spiro atoms. The quantitative estimate of drug-likeness (QED) is 0.0905. The van der Waals surface area contributed by atoms with Gasteiger partial charge in [0.15, 0.2) is 10.9 Å². The van der Waals surface area contributed by atoms with Crippen LogP contribution in [0.1, 0.15) is 16.8 Å². The van der Waals surface area contributed by atoms with Crippen LogP contribution in [0.25, 0.3) is 10.8 Å². The zero-order valence-corrected chi connectivity index (χ0v) is 21.1. The molecule has 1 aliphatic heterocycles. The molecule has 0 aliphatic carbocycles. The molecular formula is C26H20N4O8S. The highest BCUT2D eigenvalue weighted by Crippen LogP contribution is 2.30. The van der Waals surface area contributed by atoms with Gasteiger partial charge in [-0.3, -0.25) is 34.1 Å². The number of ketones is 2. The van der Waals surface area contributed by atoms with E-state index in [9.17, 15) is 34.1 Å². The topological polar surface area (TPSA) is 174 Å². The number of anilines is 1. The molecule has 3 aromatic rings. The van der Waals surface area contributed by atoms with Crippen LogP contribution in [0.3, 0.4) is 0 Å². The van der Waals surface area contributed by atoms with Crippen LogP contribution >= 0.6 is 12.2 Å². The van der Waals surface area contributed by atoms with Crippen LogP contribution in [-0.4, -0.2) is 46.4 Å². The summed E-state index contributed by atoms with van der Waals surface area (Å²) in [6.45, 7) is 0. The van der Waals surface area contributed by atoms with Crippen molar-refractivity contribution >= 4 is 68.8 Å². The number of rotatable bonds is 9. The first-order chi connectivity index (χ1) is 18.6. The number of nitro groups is 1. The van der Waals surface area contributed by atoms with Crippen molar-refractivity contribution in [2.24, 2.45) is 11.8 Å². The van der Waals surface area contributed by atoms with Gasteiger partial charge in [0.05, 0.1) is 24.0 Å². The summed E-state index contributed by atoms with van der Waals surface area (Å²) in [5.41, 5.74) is -0.788. The van der Waals surface area contributed by atoms with Crippen molar-refractivity contribution < 1.29 is 33.6 Å². The molecule has 1 heterocycles. The molecule has 0 saturated carbocycles. The number of benzene rings is 3. The largest absolute Gasteiger partial charge is 0.496 e. The van der Waals surface area contributed by atoms with E-state index in [1.54, 1.807) is 18.2 Å². The Morgan fingerprint density at radius 3 is 2.33 bits per heavy atom. The zero-order chi connectivity index (χ0) is 28.3. The van der Waals surface area contributed by atoms with Gasteiger partial charge < -0.3 is 20.7 Å². The van der Waals surface area contributed by atoms with Gasteiger partial charge in [0, 0.05) is 5.56 Å². The minimum absolute atomic E-state index is 0.0717. The highest BCUT2D eigenvalue weighted by molar-refractivity contribution is 7.80. The van der Waals surface area contributed by atoms with E-state index in [0.717, 1.165) is 11.5 Å². The van der Waals surface area contributed by atoms with Crippen molar-refractivity contribution in [1.82, 2.24) is 10.6 Å². The molecule has 0 unspecified atom stereocenters. The molecule has 4 rings (SSSR count). The van der Waals surface area contributed by atoms with Gasteiger partial charge in [-0.15, -0.1) is 0 Å². The maximum atomic E-state index is 13.6. The third kappa shape index (κ3) is 5.78. The van der Waals surface area contributed by atoms with E-state index < -0.39 is 58.2 Å². The van der Waals surface area contributed by atoms with E-state index in [2.05, 4.69) is 16.0 Å². The van der Waals surface area contributed by atoms with E-state index in [-0.39, 0.29) is 22.1 Å². The van der Waals surface area contributed by atoms with Crippen molar-refractivity contribution in [1.29, 1.82) is 0 Å². The molecule has 198 valence electrons. The molecule has 39 heavy (non-hydrogen) atoms. The molecule has 0 aromatic heterocycles. The van der Waals surface area contributed by atoms with Crippen LogP contribution in [0.5, 0.6) is 5.75 Å². The number of ether oxygens (including phenoxy) is 1. The number of nitrogens with one attached hydrogen (secondary N) is 3. The lowest BCUT2D eigenvalue weighted by Gasteiger charge is -2.25. The van der Waals surface area contributed by atoms with Gasteiger partial charge in [0.2, 0.25) is 17.6 Å². The lowest BCUT2D eigenvalue weighted by atomic mass is 9.83. The normalized spacial score (nSPS) is 14.2. The van der Waals surface area contributed by atoms with Crippen LogP contribution in [0.15, 0.2) is 60.7 Å². The summed E-state index contributed by atoms with van der Waals surface area (Å²) in [4.78, 5) is 75.6. The summed E-state index contributed by atoms with van der Waals surface area (Å²) in [5, 5.41) is 19.5. The Kier molecular flexibility index (Phi) is 7.72. The molecule has 1 aliphatic rings. The van der Waals surface area contributed by atoms with Crippen molar-refractivity contribution in [3.05, 3.63) is 76.3 Å². The maximum Gasteiger partial charge on any atom is 0.296 e. The third-order valence-corrected chi connectivity index (χ3v) is 6.32. The summed E-state index contributed by atoms with van der Waals surface area (Å²) >= 11 is 4.79. The number of hydrogen-bond acceptors (Lipinski definition) is 9. The number of carbonyl (C=O) groups is 5. The average molecular weight is 549 g/mol. The second kappa shape index (κ2) is 11.1. The predicted molar refractivity (Wildman–Crippen MR) is 142 cm³/mol. The van der Waals surface area contributed by atoms with Crippen LogP contribution in [0.4, 0.5) is 11.4 Å². The van der Waals surface area contributed by atoms with Gasteiger partial charge in [0.1, 0.15) is 17.4 Å². The van der Waals surface area contributed by atoms with E-state index in [1.807, 2.05) is 12.1 Å². The Labute approximate surface area is 225 Å². The first-order valence-electron chi connectivity index (χ1n) is 11.5. The standard InChI is InChI=1S/C26H20N4O8S/c1-38-16-8-9-19(20(11-16)30(36)37)27-25(35)22(32)17(12-18-23(33)28-26(39)29-24(18)34)21(31)15-7-6-13-4-2-3-5-14(13)10-15/h2-11,17-18H,12H2,1H3,(H,27,35)(H2,28,29,33,34,39)/t17-/m1/s1. The lowest BCUT2D eigenvalue weighted by molar-refractivity contribution is -0.384. The molecule has 1 saturated heterocycles. The van der Waals surface area contributed by atoms with Crippen molar-refractivity contribution in [3.8, 4) is 5.75 Å². The number of carbonyl (C=O) groups excluding carboxylic acids is 5. The van der Waals surface area contributed by atoms with Crippen molar-refractivity contribution in [2.75, 3.05) is 12.4 Å². The van der Waals surface area contributed by atoms with Crippen LogP contribution in [0.2, 0.25) is 0 Å². The highest BCUT2D eigenvalue weighted by Gasteiger charge is 2.41. The average Bonchev–Trinajstić information content (AvgIpc) is 2.91. The number of methoxy groups -OCH3 is 1. The molecule has 1 atom stereocenters. The molecule has 13 heteroatoms. The van der Waals surface area contributed by atoms with Crippen LogP contribution < -0.4 is 20.7 Å². The number of fused-ring (bicyclic) bond motifs is 1. The van der Waals surface area contributed by atoms with Crippen molar-refractivity contribution in [3.63, 3.8) is 0 Å². The van der Waals surface area contributed by atoms with Gasteiger partial charge in [-0.25, -0.2) is 0 Å². The van der Waals surface area contributed by atoms with E-state index in [0.29, 0.717) is 5.39 Å². The second-order valence-corrected chi connectivity index (χ2v) is 8.94. The monoisotopic (exact) mass is 548 g/mol. The smallest absolute Gasteiger partial charge is 0.296 e. The SMILES string of the molecule is COc1ccc(NC(=O)C(=O)[C@H](CC2C(=O)NC(=S)NC2=O)C(=O)c2ccc3ccccc3c2)c([N+](=O)[O-])c1. The van der Waals surface area contributed by atoms with Crippen LogP contribution in [0, 0.1) is 22.0 Å². The second-order valence-electron chi connectivity index (χ2n) is 8.53. The molecule has 0 radical (unpaired) electrons. The van der Waals surface area contributed by atoms with E-state index >= 15 is 0 Å². The Bertz CT molecular complexity index is 1550. The molecule has 3 N–H and O–H groups in total. The zero-order valence-electron chi connectivity index (χ0n) is 20.3. The summed E-state index contributed by atoms with van der Waals surface area (Å²) in [6.07, 6.45) is -0.636. The molecular weight excluding hydrogens is 528 g/mol. The van der Waals surface area contributed by atoms with Gasteiger partial charge in [0.25, 0.3) is 11.6 Å². The Balaban J connectivity index is 1.68. The summed E-state index contributed by atoms with van der Waals surface area (Å²) in [7, 11) is 1.30. The van der Waals surface area contributed by atoms with E-state index in [1.165, 1.54) is 31.4 Å². The first-order valence-corrected chi connectivity index (χ1v) is 11.9. The summed E-state index contributed by atoms with van der Waals surface area (Å²) < 4.78 is 4.96. The number of nitrogens with zero attached hydrogens (tertiary/aromatic N) is 1. The lowest BCUT2D eigenvalue weighted by Crippen LogP contribution is -2.56. The Morgan fingerprint density at radius 1 is 1.03 bits per heavy atom. The summed E-state index contributed by atoms with van der Waals surface area (Å²) in [6, 6.07) is 15.4. The fourth-order valence-corrected chi connectivity index (χ4v) is 4.31. The number of hydrogen-bond donors (Lipinski definition) is 3. The first kappa shape index (κ1) is 27.0. The molecule has 0 bridgehead atoms. The number of Topliss-reactive ketones (excluding diaryl/α,β-unsaturated/α-hetero) is 2. The number of amides is 3. The minimum atomic E-state index is -1.77. The van der Waals surface area contributed by atoms with Crippen LogP contribution in [-0.2, 0) is 19.2 Å². The Hall–Kier alpha value is -5.04. The third-order valence-electron chi connectivity index (χ3n) is 6.12. The highest BCUT2D eigenvalue weighted by atomic mass is 32.1. The molecule has 1 fully saturated rings. The molecule has 3 amide bonds. The van der Waals surface area contributed by atoms with Gasteiger partial charge >= 0.3 is 0 Å². The Morgan fingerprint density at radius 2 is 1.69 bits per heavy atom. The summed E-state index contributed by atoms with van der Waals surface area (Å²) in [5.74, 6) is -8.23. The number of nitro benzene ring substituents is 1. The van der Waals surface area contributed by atoms with Gasteiger partial charge in [-0.1, -0.05) is 36.4 Å². The maximum absolute atomic E-state index is 13.6. The fourth-order valence-electron chi connectivity index (χ4n) is 4.11. The van der Waals surface area contributed by atoms with Crippen molar-refractivity contribution in [2.45, 2.75) is 6.42 Å². The van der Waals surface area contributed by atoms with E-state index in [4.69, 9.17) is 17.0 Å². The number of thiocarbonyl (C=S) groups is 1. The van der Waals surface area contributed by atoms with Gasteiger partial charge in [-0.2, -0.15) is 0 Å². The molecule has 3 aromatic carbocycles. The van der Waals surface area contributed by atoms with Gasteiger partial charge in [-0.05, 0) is 47.6 Å².